The first-order valence-corrected chi connectivity index (χ1v) is 5.77. The number of aliphatic carboxylic acids is 1. The Morgan fingerprint density at radius 1 is 1.68 bits per heavy atom. The van der Waals surface area contributed by atoms with Crippen molar-refractivity contribution >= 4 is 12.0 Å². The molecule has 1 atom stereocenters. The summed E-state index contributed by atoms with van der Waals surface area (Å²) in [5.41, 5.74) is 0.632. The van der Waals surface area contributed by atoms with Crippen molar-refractivity contribution in [2.24, 2.45) is 0 Å². The van der Waals surface area contributed by atoms with E-state index < -0.39 is 18.0 Å². The first kappa shape index (κ1) is 14.6. The zero-order valence-corrected chi connectivity index (χ0v) is 10.6. The standard InChI is InChI=1S/C12H16N4O3/c1-3-5-16(4-2)12(19)15-10(11(17)18)6-9-7-13-8-14-9/h1,7-8,10H,4-6H2,2H3,(H,13,14)(H,15,19)(H,17,18). The van der Waals surface area contributed by atoms with Crippen LogP contribution in [-0.4, -0.2) is 51.1 Å². The van der Waals surface area contributed by atoms with Gasteiger partial charge in [-0.2, -0.15) is 0 Å². The second-order valence-electron chi connectivity index (χ2n) is 3.84. The van der Waals surface area contributed by atoms with Gasteiger partial charge in [-0.1, -0.05) is 5.92 Å². The maximum absolute atomic E-state index is 11.8. The molecular formula is C12H16N4O3. The number of carboxylic acids is 1. The number of amides is 2. The van der Waals surface area contributed by atoms with Gasteiger partial charge in [-0.25, -0.2) is 14.6 Å². The van der Waals surface area contributed by atoms with Gasteiger partial charge in [0, 0.05) is 24.9 Å². The van der Waals surface area contributed by atoms with Crippen molar-refractivity contribution in [1.29, 1.82) is 0 Å². The molecule has 1 unspecified atom stereocenters. The zero-order chi connectivity index (χ0) is 14.3. The molecule has 0 saturated carbocycles. The molecule has 2 amide bonds. The molecule has 0 fully saturated rings. The van der Waals surface area contributed by atoms with E-state index in [-0.39, 0.29) is 13.0 Å². The van der Waals surface area contributed by atoms with E-state index in [1.165, 1.54) is 17.4 Å². The van der Waals surface area contributed by atoms with Gasteiger partial charge >= 0.3 is 12.0 Å². The molecule has 0 bridgehead atoms. The lowest BCUT2D eigenvalue weighted by molar-refractivity contribution is -0.139. The maximum Gasteiger partial charge on any atom is 0.326 e. The largest absolute Gasteiger partial charge is 0.480 e. The van der Waals surface area contributed by atoms with Gasteiger partial charge in [-0.15, -0.1) is 6.42 Å². The van der Waals surface area contributed by atoms with Gasteiger partial charge in [-0.3, -0.25) is 0 Å². The van der Waals surface area contributed by atoms with E-state index in [0.29, 0.717) is 12.2 Å². The first-order chi connectivity index (χ1) is 9.08. The number of rotatable bonds is 6. The van der Waals surface area contributed by atoms with E-state index in [1.54, 1.807) is 6.92 Å². The molecule has 7 nitrogen and oxygen atoms in total. The van der Waals surface area contributed by atoms with Gasteiger partial charge in [0.2, 0.25) is 0 Å². The van der Waals surface area contributed by atoms with Crippen molar-refractivity contribution in [2.45, 2.75) is 19.4 Å². The number of nitrogens with one attached hydrogen (secondary N) is 2. The van der Waals surface area contributed by atoms with Gasteiger partial charge in [-0.05, 0) is 6.92 Å². The Balaban J connectivity index is 2.65. The Bertz CT molecular complexity index is 464. The molecule has 0 aromatic carbocycles. The van der Waals surface area contributed by atoms with Crippen LogP contribution in [0, 0.1) is 12.3 Å². The van der Waals surface area contributed by atoms with Crippen LogP contribution in [-0.2, 0) is 11.2 Å². The van der Waals surface area contributed by atoms with E-state index in [9.17, 15) is 9.59 Å². The van der Waals surface area contributed by atoms with Crippen LogP contribution in [0.4, 0.5) is 4.79 Å². The summed E-state index contributed by atoms with van der Waals surface area (Å²) in [6.07, 6.45) is 8.24. The van der Waals surface area contributed by atoms with Gasteiger partial charge in [0.05, 0.1) is 12.9 Å². The highest BCUT2D eigenvalue weighted by Gasteiger charge is 2.23. The number of terminal acetylenes is 1. The van der Waals surface area contributed by atoms with Crippen molar-refractivity contribution in [1.82, 2.24) is 20.2 Å². The van der Waals surface area contributed by atoms with Gasteiger partial charge < -0.3 is 20.3 Å². The summed E-state index contributed by atoms with van der Waals surface area (Å²) < 4.78 is 0. The third-order valence-electron chi connectivity index (χ3n) is 2.53. The molecular weight excluding hydrogens is 248 g/mol. The number of imidazole rings is 1. The predicted octanol–water partition coefficient (Wildman–Crippen LogP) is 0.0701. The van der Waals surface area contributed by atoms with Crippen LogP contribution >= 0.6 is 0 Å². The second-order valence-corrected chi connectivity index (χ2v) is 3.84. The van der Waals surface area contributed by atoms with Crippen molar-refractivity contribution in [3.8, 4) is 12.3 Å². The average molecular weight is 264 g/mol. The number of H-pyrrole nitrogens is 1. The summed E-state index contributed by atoms with van der Waals surface area (Å²) in [6, 6.07) is -1.52. The van der Waals surface area contributed by atoms with Crippen LogP contribution in [0.25, 0.3) is 0 Å². The van der Waals surface area contributed by atoms with E-state index in [1.807, 2.05) is 0 Å². The Kier molecular flexibility index (Phi) is 5.41. The summed E-state index contributed by atoms with van der Waals surface area (Å²) in [6.45, 7) is 2.31. The molecule has 0 spiro atoms. The van der Waals surface area contributed by atoms with Crippen LogP contribution in [0.15, 0.2) is 12.5 Å². The van der Waals surface area contributed by atoms with Crippen LogP contribution in [0.3, 0.4) is 0 Å². The lowest BCUT2D eigenvalue weighted by Gasteiger charge is -2.21. The average Bonchev–Trinajstić information content (AvgIpc) is 2.87. The summed E-state index contributed by atoms with van der Waals surface area (Å²) in [5, 5.41) is 11.5. The number of carbonyl (C=O) groups is 2. The highest BCUT2D eigenvalue weighted by molar-refractivity contribution is 5.82. The lowest BCUT2D eigenvalue weighted by atomic mass is 10.1. The Labute approximate surface area is 111 Å². The molecule has 19 heavy (non-hydrogen) atoms. The normalized spacial score (nSPS) is 11.4. The zero-order valence-electron chi connectivity index (χ0n) is 10.6. The molecule has 1 aromatic rings. The van der Waals surface area contributed by atoms with Crippen molar-refractivity contribution in [2.75, 3.05) is 13.1 Å². The van der Waals surface area contributed by atoms with Gasteiger partial charge in [0.25, 0.3) is 0 Å². The fraction of sp³-hybridized carbons (Fsp3) is 0.417. The monoisotopic (exact) mass is 264 g/mol. The highest BCUT2D eigenvalue weighted by Crippen LogP contribution is 2.00. The fourth-order valence-corrected chi connectivity index (χ4v) is 1.49. The first-order valence-electron chi connectivity index (χ1n) is 5.77. The molecule has 0 saturated heterocycles. The quantitative estimate of drug-likeness (QED) is 0.633. The summed E-state index contributed by atoms with van der Waals surface area (Å²) in [4.78, 5) is 30.9. The molecule has 7 heteroatoms. The minimum Gasteiger partial charge on any atom is -0.480 e. The highest BCUT2D eigenvalue weighted by atomic mass is 16.4. The third-order valence-corrected chi connectivity index (χ3v) is 2.53. The minimum atomic E-state index is -1.11. The minimum absolute atomic E-state index is 0.134. The molecule has 1 rings (SSSR count). The van der Waals surface area contributed by atoms with Gasteiger partial charge in [0.15, 0.2) is 0 Å². The van der Waals surface area contributed by atoms with Crippen LogP contribution in [0.5, 0.6) is 0 Å². The smallest absolute Gasteiger partial charge is 0.326 e. The van der Waals surface area contributed by atoms with Crippen LogP contribution in [0.2, 0.25) is 0 Å². The fourth-order valence-electron chi connectivity index (χ4n) is 1.49. The third kappa shape index (κ3) is 4.35. The van der Waals surface area contributed by atoms with E-state index in [4.69, 9.17) is 11.5 Å². The number of urea groups is 1. The summed E-state index contributed by atoms with van der Waals surface area (Å²) >= 11 is 0. The van der Waals surface area contributed by atoms with Crippen molar-refractivity contribution in [3.05, 3.63) is 18.2 Å². The van der Waals surface area contributed by atoms with Crippen LogP contribution in [0.1, 0.15) is 12.6 Å². The number of nitrogens with zero attached hydrogens (tertiary/aromatic N) is 2. The van der Waals surface area contributed by atoms with E-state index >= 15 is 0 Å². The molecule has 0 aliphatic carbocycles. The number of aromatic amines is 1. The molecule has 1 heterocycles. The molecule has 1 aromatic heterocycles. The summed E-state index contributed by atoms with van der Waals surface area (Å²) in [7, 11) is 0. The van der Waals surface area contributed by atoms with Gasteiger partial charge in [0.1, 0.15) is 6.04 Å². The number of aromatic nitrogens is 2. The molecule has 0 aliphatic rings. The van der Waals surface area contributed by atoms with E-state index in [2.05, 4.69) is 21.2 Å². The van der Waals surface area contributed by atoms with Crippen molar-refractivity contribution < 1.29 is 14.7 Å². The SMILES string of the molecule is C#CCN(CC)C(=O)NC(Cc1cnc[nH]1)C(=O)O. The Morgan fingerprint density at radius 3 is 2.89 bits per heavy atom. The Morgan fingerprint density at radius 2 is 2.42 bits per heavy atom. The summed E-state index contributed by atoms with van der Waals surface area (Å²) in [5.74, 6) is 1.24. The van der Waals surface area contributed by atoms with Crippen molar-refractivity contribution in [3.63, 3.8) is 0 Å². The number of carbonyl (C=O) groups excluding carboxylic acids is 1. The lowest BCUT2D eigenvalue weighted by Crippen LogP contribution is -2.49. The predicted molar refractivity (Wildman–Crippen MR) is 68.3 cm³/mol. The number of hydrogen-bond donors (Lipinski definition) is 3. The molecule has 0 aliphatic heterocycles. The molecule has 3 N–H and O–H groups in total. The molecule has 0 radical (unpaired) electrons. The Hall–Kier alpha value is -2.49. The molecule has 102 valence electrons. The van der Waals surface area contributed by atoms with E-state index in [0.717, 1.165) is 0 Å². The topological polar surface area (TPSA) is 98.3 Å². The number of hydrogen-bond acceptors (Lipinski definition) is 3. The number of carboxylic acid groups (broad SMARTS) is 1. The second kappa shape index (κ2) is 7.06. The van der Waals surface area contributed by atoms with Crippen LogP contribution < -0.4 is 5.32 Å². The maximum atomic E-state index is 11.8.